The minimum Gasteiger partial charge on any atom is -0.361 e. The van der Waals surface area contributed by atoms with Gasteiger partial charge in [-0.1, -0.05) is 39.9 Å². The summed E-state index contributed by atoms with van der Waals surface area (Å²) in [6.45, 7) is 3.87. The van der Waals surface area contributed by atoms with Crippen LogP contribution in [-0.4, -0.2) is 14.9 Å². The average molecular weight is 370 g/mol. The molecule has 0 spiro atoms. The van der Waals surface area contributed by atoms with Gasteiger partial charge < -0.3 is 4.52 Å². The zero-order chi connectivity index (χ0) is 15.7. The van der Waals surface area contributed by atoms with Gasteiger partial charge in [0.2, 0.25) is 0 Å². The van der Waals surface area contributed by atoms with Gasteiger partial charge in [-0.05, 0) is 50.3 Å². The lowest BCUT2D eigenvalue weighted by atomic mass is 10.2. The molecule has 2 aromatic heterocycles. The van der Waals surface area contributed by atoms with Crippen LogP contribution in [0.5, 0.6) is 0 Å². The summed E-state index contributed by atoms with van der Waals surface area (Å²) in [5.41, 5.74) is 2.95. The number of rotatable bonds is 4. The number of aryl methyl sites for hydroxylation is 2. The highest BCUT2D eigenvalue weighted by atomic mass is 35.5. The van der Waals surface area contributed by atoms with E-state index in [1.165, 1.54) is 11.3 Å². The van der Waals surface area contributed by atoms with E-state index in [1.807, 2.05) is 38.1 Å². The van der Waals surface area contributed by atoms with Crippen LogP contribution in [0.3, 0.4) is 0 Å². The van der Waals surface area contributed by atoms with Crippen molar-refractivity contribution in [2.24, 2.45) is 0 Å². The molecule has 3 rings (SSSR count). The van der Waals surface area contributed by atoms with Crippen LogP contribution in [0.1, 0.15) is 17.0 Å². The predicted octanol–water partition coefficient (Wildman–Crippen LogP) is 5.21. The topological polar surface area (TPSA) is 43.9 Å². The fourth-order valence-corrected chi connectivity index (χ4v) is 4.55. The normalized spacial score (nSPS) is 11.0. The van der Waals surface area contributed by atoms with E-state index >= 15 is 0 Å². The Morgan fingerprint density at radius 2 is 2.05 bits per heavy atom. The Balaban J connectivity index is 1.81. The van der Waals surface area contributed by atoms with Crippen LogP contribution in [0, 0.1) is 17.8 Å². The summed E-state index contributed by atoms with van der Waals surface area (Å²) in [4.78, 5) is 0. The molecule has 4 nitrogen and oxygen atoms in total. The number of halogens is 1. The lowest BCUT2D eigenvalue weighted by Gasteiger charge is -2.00. The maximum absolute atomic E-state index is 5.91. The highest BCUT2D eigenvalue weighted by Gasteiger charge is 2.12. The second-order valence-corrected chi connectivity index (χ2v) is 7.90. The van der Waals surface area contributed by atoms with Gasteiger partial charge >= 0.3 is 0 Å². The Morgan fingerprint density at radius 1 is 1.32 bits per heavy atom. The van der Waals surface area contributed by atoms with Gasteiger partial charge in [0, 0.05) is 16.3 Å². The number of aromatic nitrogens is 3. The summed E-state index contributed by atoms with van der Waals surface area (Å²) in [6.07, 6.45) is 0. The summed E-state index contributed by atoms with van der Waals surface area (Å²) in [6, 6.07) is 7.46. The molecule has 0 saturated carbocycles. The molecule has 22 heavy (non-hydrogen) atoms. The molecule has 0 bridgehead atoms. The number of benzene rings is 1. The zero-order valence-corrected chi connectivity index (χ0v) is 15.1. The summed E-state index contributed by atoms with van der Waals surface area (Å²) >= 11 is 14.4. The van der Waals surface area contributed by atoms with Gasteiger partial charge in [-0.2, -0.15) is 0 Å². The molecule has 114 valence electrons. The maximum atomic E-state index is 5.91. The fraction of sp³-hybridized carbons (Fsp3) is 0.214. The molecule has 0 N–H and O–H groups in total. The van der Waals surface area contributed by atoms with E-state index < -0.39 is 0 Å². The summed E-state index contributed by atoms with van der Waals surface area (Å²) in [7, 11) is 0. The third-order valence-corrected chi connectivity index (χ3v) is 5.77. The van der Waals surface area contributed by atoms with E-state index in [0.717, 1.165) is 32.8 Å². The number of nitrogens with zero attached hydrogens (tertiary/aromatic N) is 3. The SMILES string of the molecule is Cc1noc(C)c1CSc1nn(-c2ccc(Cl)cc2)c(=S)s1. The van der Waals surface area contributed by atoms with Crippen molar-refractivity contribution in [1.29, 1.82) is 0 Å². The van der Waals surface area contributed by atoms with Crippen LogP contribution in [0.2, 0.25) is 5.02 Å². The Bertz CT molecular complexity index is 832. The molecule has 0 amide bonds. The molecule has 3 aromatic rings. The molecule has 0 unspecified atom stereocenters. The number of hydrogen-bond donors (Lipinski definition) is 0. The van der Waals surface area contributed by atoms with Crippen LogP contribution in [-0.2, 0) is 5.75 Å². The second-order valence-electron chi connectivity index (χ2n) is 4.61. The molecule has 0 aliphatic heterocycles. The highest BCUT2D eigenvalue weighted by molar-refractivity contribution is 8.00. The van der Waals surface area contributed by atoms with Crippen LogP contribution in [0.25, 0.3) is 5.69 Å². The van der Waals surface area contributed by atoms with Crippen molar-refractivity contribution >= 4 is 46.9 Å². The molecule has 0 radical (unpaired) electrons. The molecule has 0 aliphatic rings. The first-order valence-corrected chi connectivity index (χ1v) is 9.04. The summed E-state index contributed by atoms with van der Waals surface area (Å²) < 4.78 is 8.56. The van der Waals surface area contributed by atoms with Crippen LogP contribution in [0.4, 0.5) is 0 Å². The second kappa shape index (κ2) is 6.54. The smallest absolute Gasteiger partial charge is 0.184 e. The molecule has 0 fully saturated rings. The highest BCUT2D eigenvalue weighted by Crippen LogP contribution is 2.29. The van der Waals surface area contributed by atoms with Gasteiger partial charge in [0.25, 0.3) is 0 Å². The predicted molar refractivity (Wildman–Crippen MR) is 92.8 cm³/mol. The van der Waals surface area contributed by atoms with E-state index in [-0.39, 0.29) is 0 Å². The van der Waals surface area contributed by atoms with E-state index in [1.54, 1.807) is 16.4 Å². The van der Waals surface area contributed by atoms with Gasteiger partial charge in [0.1, 0.15) is 5.76 Å². The molecular weight excluding hydrogens is 358 g/mol. The van der Waals surface area contributed by atoms with Crippen molar-refractivity contribution in [3.05, 3.63) is 50.3 Å². The summed E-state index contributed by atoms with van der Waals surface area (Å²) in [5.74, 6) is 1.62. The largest absolute Gasteiger partial charge is 0.361 e. The molecule has 0 aliphatic carbocycles. The summed E-state index contributed by atoms with van der Waals surface area (Å²) in [5, 5.41) is 9.22. The van der Waals surface area contributed by atoms with Crippen molar-refractivity contribution < 1.29 is 4.52 Å². The van der Waals surface area contributed by atoms with Crippen LogP contribution >= 0.6 is 46.9 Å². The maximum Gasteiger partial charge on any atom is 0.184 e. The van der Waals surface area contributed by atoms with Crippen LogP contribution < -0.4 is 0 Å². The number of hydrogen-bond acceptors (Lipinski definition) is 6. The lowest BCUT2D eigenvalue weighted by Crippen LogP contribution is -1.95. The van der Waals surface area contributed by atoms with Gasteiger partial charge in [-0.25, -0.2) is 4.68 Å². The van der Waals surface area contributed by atoms with Crippen molar-refractivity contribution in [2.45, 2.75) is 23.9 Å². The minimum atomic E-state index is 0.693. The molecule has 2 heterocycles. The Hall–Kier alpha value is -1.15. The Morgan fingerprint density at radius 3 is 2.68 bits per heavy atom. The molecule has 0 atom stereocenters. The van der Waals surface area contributed by atoms with Crippen molar-refractivity contribution in [3.8, 4) is 5.69 Å². The zero-order valence-electron chi connectivity index (χ0n) is 11.9. The van der Waals surface area contributed by atoms with Gasteiger partial charge in [-0.15, -0.1) is 5.10 Å². The minimum absolute atomic E-state index is 0.693. The first kappa shape index (κ1) is 15.7. The van der Waals surface area contributed by atoms with Gasteiger partial charge in [0.15, 0.2) is 8.29 Å². The van der Waals surface area contributed by atoms with E-state index in [9.17, 15) is 0 Å². The Labute approximate surface area is 146 Å². The average Bonchev–Trinajstić information content (AvgIpc) is 3.01. The fourth-order valence-electron chi connectivity index (χ4n) is 1.91. The number of thioether (sulfide) groups is 1. The standard InChI is InChI=1S/C14H12ClN3OS3/c1-8-12(9(2)19-17-8)7-21-13-16-18(14(20)22-13)11-5-3-10(15)4-6-11/h3-6H,7H2,1-2H3. The van der Waals surface area contributed by atoms with Gasteiger partial charge in [0.05, 0.1) is 11.4 Å². The van der Waals surface area contributed by atoms with Crippen molar-refractivity contribution in [3.63, 3.8) is 0 Å². The van der Waals surface area contributed by atoms with Gasteiger partial charge in [-0.3, -0.25) is 0 Å². The molecular formula is C14H12ClN3OS3. The van der Waals surface area contributed by atoms with E-state index in [0.29, 0.717) is 8.98 Å². The Kier molecular flexibility index (Phi) is 4.67. The van der Waals surface area contributed by atoms with E-state index in [2.05, 4.69) is 10.3 Å². The first-order chi connectivity index (χ1) is 10.5. The molecule has 8 heteroatoms. The third-order valence-electron chi connectivity index (χ3n) is 3.12. The van der Waals surface area contributed by atoms with E-state index in [4.69, 9.17) is 28.3 Å². The van der Waals surface area contributed by atoms with Crippen LogP contribution in [0.15, 0.2) is 33.1 Å². The first-order valence-electron chi connectivity index (χ1n) is 6.45. The quantitative estimate of drug-likeness (QED) is 0.466. The van der Waals surface area contributed by atoms with Crippen molar-refractivity contribution in [1.82, 2.24) is 14.9 Å². The molecule has 0 saturated heterocycles. The third kappa shape index (κ3) is 3.27. The molecule has 1 aromatic carbocycles. The van der Waals surface area contributed by atoms with Crippen molar-refractivity contribution in [2.75, 3.05) is 0 Å². The monoisotopic (exact) mass is 369 g/mol. The lowest BCUT2D eigenvalue weighted by molar-refractivity contribution is 0.392.